The third kappa shape index (κ3) is 4.84. The fourth-order valence-corrected chi connectivity index (χ4v) is 3.80. The number of aromatic nitrogens is 1. The van der Waals surface area contributed by atoms with Crippen LogP contribution >= 0.6 is 0 Å². The molecular weight excluding hydrogens is 340 g/mol. The summed E-state index contributed by atoms with van der Waals surface area (Å²) in [6.45, 7) is 2.82. The van der Waals surface area contributed by atoms with Gasteiger partial charge in [-0.2, -0.15) is 0 Å². The van der Waals surface area contributed by atoms with Crippen molar-refractivity contribution in [3.05, 3.63) is 59.9 Å². The van der Waals surface area contributed by atoms with Gasteiger partial charge in [0, 0.05) is 18.8 Å². The van der Waals surface area contributed by atoms with Crippen LogP contribution in [0.3, 0.4) is 0 Å². The van der Waals surface area contributed by atoms with Gasteiger partial charge in [-0.25, -0.2) is 0 Å². The van der Waals surface area contributed by atoms with Crippen molar-refractivity contribution in [2.24, 2.45) is 11.7 Å². The minimum atomic E-state index is -1.03. The van der Waals surface area contributed by atoms with Gasteiger partial charge in [0.15, 0.2) is 0 Å². The Balaban J connectivity index is 1.83. The van der Waals surface area contributed by atoms with Crippen molar-refractivity contribution in [2.75, 3.05) is 19.6 Å². The second-order valence-electron chi connectivity index (χ2n) is 7.26. The lowest BCUT2D eigenvalue weighted by atomic mass is 9.82. The second kappa shape index (κ2) is 8.97. The zero-order chi connectivity index (χ0) is 19.1. The molecule has 0 bridgehead atoms. The van der Waals surface area contributed by atoms with Gasteiger partial charge in [-0.3, -0.25) is 15.1 Å². The number of phenols is 1. The van der Waals surface area contributed by atoms with E-state index in [9.17, 15) is 9.90 Å². The van der Waals surface area contributed by atoms with E-state index in [0.717, 1.165) is 43.5 Å². The first-order valence-electron chi connectivity index (χ1n) is 9.54. The number of nitrogens with one attached hydrogen (secondary N) is 2. The minimum absolute atomic E-state index is 0.163. The summed E-state index contributed by atoms with van der Waals surface area (Å²) in [7, 11) is 0. The number of nitrogens with zero attached hydrogens (tertiary/aromatic N) is 1. The van der Waals surface area contributed by atoms with E-state index in [2.05, 4.69) is 15.6 Å². The first-order valence-corrected chi connectivity index (χ1v) is 9.54. The average Bonchev–Trinajstić information content (AvgIpc) is 2.69. The average molecular weight is 368 g/mol. The standard InChI is InChI=1S/C21H28N4O2/c22-20(27)21(15-17-7-12-24-13-8-17,18-1-3-19(26)4-2-18)25-14-9-16-5-10-23-11-6-16/h1-4,7-8,12-13,16,23,25-26H,5-6,9-11,14-15H2,(H2,22,27). The Morgan fingerprint density at radius 3 is 2.48 bits per heavy atom. The highest BCUT2D eigenvalue weighted by Gasteiger charge is 2.38. The SMILES string of the molecule is NC(=O)C(Cc1ccncc1)(NCCC1CCNCC1)c1ccc(O)cc1. The van der Waals surface area contributed by atoms with Crippen LogP contribution in [0.15, 0.2) is 48.8 Å². The van der Waals surface area contributed by atoms with Crippen molar-refractivity contribution >= 4 is 5.91 Å². The van der Waals surface area contributed by atoms with Gasteiger partial charge in [-0.05, 0) is 80.2 Å². The van der Waals surface area contributed by atoms with E-state index < -0.39 is 11.4 Å². The van der Waals surface area contributed by atoms with E-state index in [1.54, 1.807) is 36.7 Å². The van der Waals surface area contributed by atoms with E-state index >= 15 is 0 Å². The Kier molecular flexibility index (Phi) is 6.42. The number of rotatable bonds is 8. The van der Waals surface area contributed by atoms with Crippen LogP contribution in [0.2, 0.25) is 0 Å². The van der Waals surface area contributed by atoms with Gasteiger partial charge < -0.3 is 16.2 Å². The molecule has 0 radical (unpaired) electrons. The summed E-state index contributed by atoms with van der Waals surface area (Å²) in [6, 6.07) is 10.5. The van der Waals surface area contributed by atoms with Crippen LogP contribution in [0.5, 0.6) is 5.75 Å². The third-order valence-electron chi connectivity index (χ3n) is 5.44. The Labute approximate surface area is 160 Å². The summed E-state index contributed by atoms with van der Waals surface area (Å²) < 4.78 is 0. The molecule has 0 aliphatic carbocycles. The predicted molar refractivity (Wildman–Crippen MR) is 105 cm³/mol. The van der Waals surface area contributed by atoms with Crippen molar-refractivity contribution in [1.82, 2.24) is 15.6 Å². The number of phenolic OH excluding ortho intramolecular Hbond substituents is 1. The highest BCUT2D eigenvalue weighted by Crippen LogP contribution is 2.28. The van der Waals surface area contributed by atoms with Crippen LogP contribution < -0.4 is 16.4 Å². The van der Waals surface area contributed by atoms with Crippen LogP contribution in [0.25, 0.3) is 0 Å². The number of benzene rings is 1. The lowest BCUT2D eigenvalue weighted by molar-refractivity contribution is -0.124. The van der Waals surface area contributed by atoms with Crippen molar-refractivity contribution in [1.29, 1.82) is 0 Å². The zero-order valence-electron chi connectivity index (χ0n) is 15.5. The Morgan fingerprint density at radius 2 is 1.85 bits per heavy atom. The summed E-state index contributed by atoms with van der Waals surface area (Å²) in [4.78, 5) is 16.7. The van der Waals surface area contributed by atoms with E-state index in [4.69, 9.17) is 5.73 Å². The lowest BCUT2D eigenvalue weighted by Crippen LogP contribution is -2.54. The number of hydrogen-bond acceptors (Lipinski definition) is 5. The van der Waals surface area contributed by atoms with Crippen molar-refractivity contribution in [2.45, 2.75) is 31.2 Å². The number of nitrogens with two attached hydrogens (primary N) is 1. The second-order valence-corrected chi connectivity index (χ2v) is 7.26. The predicted octanol–water partition coefficient (Wildman–Crippen LogP) is 1.69. The maximum Gasteiger partial charge on any atom is 0.242 e. The molecule has 6 nitrogen and oxygen atoms in total. The van der Waals surface area contributed by atoms with Gasteiger partial charge in [-0.1, -0.05) is 12.1 Å². The molecular formula is C21H28N4O2. The molecule has 6 heteroatoms. The molecule has 5 N–H and O–H groups in total. The Morgan fingerprint density at radius 1 is 1.19 bits per heavy atom. The van der Waals surface area contributed by atoms with Gasteiger partial charge in [0.25, 0.3) is 0 Å². The number of carbonyl (C=O) groups is 1. The summed E-state index contributed by atoms with van der Waals surface area (Å²) >= 11 is 0. The molecule has 2 heterocycles. The highest BCUT2D eigenvalue weighted by atomic mass is 16.3. The van der Waals surface area contributed by atoms with Gasteiger partial charge in [0.2, 0.25) is 5.91 Å². The van der Waals surface area contributed by atoms with E-state index in [0.29, 0.717) is 18.9 Å². The summed E-state index contributed by atoms with van der Waals surface area (Å²) in [5, 5.41) is 16.5. The summed E-state index contributed by atoms with van der Waals surface area (Å²) in [5.41, 5.74) is 6.63. The van der Waals surface area contributed by atoms with Crippen LogP contribution in [0.1, 0.15) is 30.4 Å². The van der Waals surface area contributed by atoms with Crippen LogP contribution in [-0.2, 0) is 16.8 Å². The monoisotopic (exact) mass is 368 g/mol. The lowest BCUT2D eigenvalue weighted by Gasteiger charge is -2.34. The maximum atomic E-state index is 12.7. The molecule has 1 fully saturated rings. The fraction of sp³-hybridized carbons (Fsp3) is 0.429. The van der Waals surface area contributed by atoms with Gasteiger partial charge >= 0.3 is 0 Å². The highest BCUT2D eigenvalue weighted by molar-refractivity contribution is 5.86. The van der Waals surface area contributed by atoms with Crippen LogP contribution in [0, 0.1) is 5.92 Å². The molecule has 27 heavy (non-hydrogen) atoms. The molecule has 1 unspecified atom stereocenters. The Bertz CT molecular complexity index is 730. The van der Waals surface area contributed by atoms with E-state index in [-0.39, 0.29) is 5.75 Å². The fourth-order valence-electron chi connectivity index (χ4n) is 3.80. The molecule has 1 atom stereocenters. The third-order valence-corrected chi connectivity index (χ3v) is 5.44. The number of aromatic hydroxyl groups is 1. The minimum Gasteiger partial charge on any atom is -0.508 e. The van der Waals surface area contributed by atoms with Crippen molar-refractivity contribution in [3.63, 3.8) is 0 Å². The quantitative estimate of drug-likeness (QED) is 0.568. The molecule has 1 amide bonds. The molecule has 1 aromatic carbocycles. The van der Waals surface area contributed by atoms with Gasteiger partial charge in [0.1, 0.15) is 11.3 Å². The normalized spacial score (nSPS) is 17.3. The first-order chi connectivity index (χ1) is 13.1. The van der Waals surface area contributed by atoms with Gasteiger partial charge in [0.05, 0.1) is 0 Å². The maximum absolute atomic E-state index is 12.7. The van der Waals surface area contributed by atoms with E-state index in [1.165, 1.54) is 0 Å². The number of pyridine rings is 1. The number of hydrogen-bond donors (Lipinski definition) is 4. The molecule has 1 aliphatic rings. The molecule has 0 spiro atoms. The molecule has 1 saturated heterocycles. The molecule has 1 aliphatic heterocycles. The number of carbonyl (C=O) groups excluding carboxylic acids is 1. The topological polar surface area (TPSA) is 100 Å². The molecule has 1 aromatic heterocycles. The first kappa shape index (κ1) is 19.3. The molecule has 144 valence electrons. The summed E-state index contributed by atoms with van der Waals surface area (Å²) in [5.74, 6) is 0.399. The molecule has 2 aromatic rings. The van der Waals surface area contributed by atoms with Crippen LogP contribution in [0.4, 0.5) is 0 Å². The number of amides is 1. The summed E-state index contributed by atoms with van der Waals surface area (Å²) in [6.07, 6.45) is 7.19. The van der Waals surface area contributed by atoms with Crippen molar-refractivity contribution < 1.29 is 9.90 Å². The van der Waals surface area contributed by atoms with Gasteiger partial charge in [-0.15, -0.1) is 0 Å². The molecule has 3 rings (SSSR count). The number of primary amides is 1. The van der Waals surface area contributed by atoms with E-state index in [1.807, 2.05) is 12.1 Å². The van der Waals surface area contributed by atoms with Crippen molar-refractivity contribution in [3.8, 4) is 5.75 Å². The largest absolute Gasteiger partial charge is 0.508 e. The molecule has 0 saturated carbocycles. The Hall–Kier alpha value is -2.44. The van der Waals surface area contributed by atoms with Crippen LogP contribution in [-0.4, -0.2) is 35.6 Å². The zero-order valence-corrected chi connectivity index (χ0v) is 15.5. The number of piperidine rings is 1. The smallest absolute Gasteiger partial charge is 0.242 e.